The van der Waals surface area contributed by atoms with E-state index in [0.717, 1.165) is 40.3 Å². The standard InChI is InChI=1S/C31H36N2O3S/c1-2-36-30(34)22-25-13-9-17-28(21-25)37-29-18-10-16-27(23-29)33(20-19-24-11-5-3-6-12-24)31(35)32-26-14-7-4-8-15-26/h3,5-6,9-13,16-18,21,23,26H,2,4,7-8,14-15,19-20,22H2,1H3,(H,32,35). The van der Waals surface area contributed by atoms with Crippen molar-refractivity contribution in [3.8, 4) is 0 Å². The lowest BCUT2D eigenvalue weighted by Gasteiger charge is -2.29. The van der Waals surface area contributed by atoms with Crippen molar-refractivity contribution < 1.29 is 14.3 Å². The number of benzene rings is 3. The van der Waals surface area contributed by atoms with E-state index in [1.165, 1.54) is 24.8 Å². The van der Waals surface area contributed by atoms with Gasteiger partial charge in [0.05, 0.1) is 13.0 Å². The van der Waals surface area contributed by atoms with E-state index in [4.69, 9.17) is 4.74 Å². The smallest absolute Gasteiger partial charge is 0.322 e. The fourth-order valence-corrected chi connectivity index (χ4v) is 5.64. The fourth-order valence-electron chi connectivity index (χ4n) is 4.68. The van der Waals surface area contributed by atoms with Crippen LogP contribution in [0.2, 0.25) is 0 Å². The first-order chi connectivity index (χ1) is 18.1. The topological polar surface area (TPSA) is 58.6 Å². The summed E-state index contributed by atoms with van der Waals surface area (Å²) in [5.74, 6) is -0.218. The number of amides is 2. The molecule has 37 heavy (non-hydrogen) atoms. The second-order valence-electron chi connectivity index (χ2n) is 9.40. The monoisotopic (exact) mass is 516 g/mol. The van der Waals surface area contributed by atoms with Crippen molar-refractivity contribution in [2.24, 2.45) is 0 Å². The number of anilines is 1. The third-order valence-electron chi connectivity index (χ3n) is 6.56. The summed E-state index contributed by atoms with van der Waals surface area (Å²) in [7, 11) is 0. The minimum Gasteiger partial charge on any atom is -0.466 e. The highest BCUT2D eigenvalue weighted by atomic mass is 32.2. The van der Waals surface area contributed by atoms with Crippen LogP contribution >= 0.6 is 11.8 Å². The van der Waals surface area contributed by atoms with Gasteiger partial charge in [-0.2, -0.15) is 0 Å². The second kappa shape index (κ2) is 13.9. The van der Waals surface area contributed by atoms with Crippen molar-refractivity contribution in [1.82, 2.24) is 5.32 Å². The molecule has 0 bridgehead atoms. The highest BCUT2D eigenvalue weighted by molar-refractivity contribution is 7.99. The van der Waals surface area contributed by atoms with Gasteiger partial charge in [-0.1, -0.05) is 79.6 Å². The van der Waals surface area contributed by atoms with Crippen molar-refractivity contribution >= 4 is 29.4 Å². The first-order valence-electron chi connectivity index (χ1n) is 13.2. The van der Waals surface area contributed by atoms with E-state index < -0.39 is 0 Å². The molecule has 6 heteroatoms. The Morgan fingerprint density at radius 1 is 0.892 bits per heavy atom. The molecule has 3 aromatic carbocycles. The Hall–Kier alpha value is -3.25. The molecular weight excluding hydrogens is 480 g/mol. The van der Waals surface area contributed by atoms with Gasteiger partial charge in [0, 0.05) is 28.1 Å². The van der Waals surface area contributed by atoms with E-state index in [1.54, 1.807) is 11.8 Å². The number of ether oxygens (including phenoxy) is 1. The highest BCUT2D eigenvalue weighted by Crippen LogP contribution is 2.31. The molecule has 0 aromatic heterocycles. The van der Waals surface area contributed by atoms with Crippen LogP contribution in [0.4, 0.5) is 10.5 Å². The van der Waals surface area contributed by atoms with Gasteiger partial charge >= 0.3 is 12.0 Å². The molecule has 0 saturated heterocycles. The van der Waals surface area contributed by atoms with Gasteiger partial charge in [-0.15, -0.1) is 0 Å². The molecule has 1 aliphatic rings. The van der Waals surface area contributed by atoms with Crippen LogP contribution in [0.5, 0.6) is 0 Å². The maximum Gasteiger partial charge on any atom is 0.322 e. The number of nitrogens with zero attached hydrogens (tertiary/aromatic N) is 1. The van der Waals surface area contributed by atoms with Crippen LogP contribution in [0, 0.1) is 0 Å². The lowest BCUT2D eigenvalue weighted by Crippen LogP contribution is -2.46. The predicted molar refractivity (Wildman–Crippen MR) is 150 cm³/mol. The zero-order valence-electron chi connectivity index (χ0n) is 21.5. The number of hydrogen-bond acceptors (Lipinski definition) is 4. The lowest BCUT2D eigenvalue weighted by molar-refractivity contribution is -0.142. The molecule has 3 aromatic rings. The Balaban J connectivity index is 1.50. The van der Waals surface area contributed by atoms with E-state index >= 15 is 0 Å². The number of rotatable bonds is 10. The van der Waals surface area contributed by atoms with E-state index in [2.05, 4.69) is 29.6 Å². The quantitative estimate of drug-likeness (QED) is 0.294. The zero-order valence-corrected chi connectivity index (χ0v) is 22.3. The predicted octanol–water partition coefficient (Wildman–Crippen LogP) is 7.03. The Kier molecular flexibility index (Phi) is 10.1. The maximum atomic E-state index is 13.5. The molecule has 5 nitrogen and oxygen atoms in total. The molecular formula is C31H36N2O3S. The third-order valence-corrected chi connectivity index (χ3v) is 7.54. The second-order valence-corrected chi connectivity index (χ2v) is 10.5. The molecule has 0 unspecified atom stereocenters. The average Bonchev–Trinajstić information content (AvgIpc) is 2.90. The fraction of sp³-hybridized carbons (Fsp3) is 0.355. The Morgan fingerprint density at radius 3 is 2.35 bits per heavy atom. The van der Waals surface area contributed by atoms with E-state index in [9.17, 15) is 9.59 Å². The molecule has 1 N–H and O–H groups in total. The molecule has 0 aliphatic heterocycles. The third kappa shape index (κ3) is 8.39. The van der Waals surface area contributed by atoms with Crippen molar-refractivity contribution in [3.05, 3.63) is 90.0 Å². The van der Waals surface area contributed by atoms with Crippen molar-refractivity contribution in [2.75, 3.05) is 18.1 Å². The van der Waals surface area contributed by atoms with Crippen molar-refractivity contribution in [3.63, 3.8) is 0 Å². The number of carbonyl (C=O) groups excluding carboxylic acids is 2. The molecule has 0 heterocycles. The van der Waals surface area contributed by atoms with E-state index in [0.29, 0.717) is 13.2 Å². The van der Waals surface area contributed by atoms with Gasteiger partial charge in [-0.05, 0) is 67.6 Å². The first-order valence-corrected chi connectivity index (χ1v) is 14.1. The Labute approximate surface area is 224 Å². The molecule has 194 valence electrons. The van der Waals surface area contributed by atoms with Crippen LogP contribution in [0.15, 0.2) is 88.7 Å². The zero-order chi connectivity index (χ0) is 25.9. The van der Waals surface area contributed by atoms with Crippen molar-refractivity contribution in [1.29, 1.82) is 0 Å². The SMILES string of the molecule is CCOC(=O)Cc1cccc(Sc2cccc(N(CCc3ccccc3)C(=O)NC3CCCCC3)c2)c1. The largest absolute Gasteiger partial charge is 0.466 e. The number of nitrogens with one attached hydrogen (secondary N) is 1. The molecule has 2 amide bonds. The summed E-state index contributed by atoms with van der Waals surface area (Å²) in [6.07, 6.45) is 6.76. The first kappa shape index (κ1) is 26.8. The lowest BCUT2D eigenvalue weighted by atomic mass is 9.96. The molecule has 0 radical (unpaired) electrons. The summed E-state index contributed by atoms with van der Waals surface area (Å²) < 4.78 is 5.09. The summed E-state index contributed by atoms with van der Waals surface area (Å²) in [6, 6.07) is 26.6. The maximum absolute atomic E-state index is 13.5. The van der Waals surface area contributed by atoms with Crippen LogP contribution < -0.4 is 10.2 Å². The summed E-state index contributed by atoms with van der Waals surface area (Å²) in [5, 5.41) is 3.30. The normalized spacial score (nSPS) is 13.6. The molecule has 1 saturated carbocycles. The number of hydrogen-bond donors (Lipinski definition) is 1. The van der Waals surface area contributed by atoms with Crippen molar-refractivity contribution in [2.45, 2.75) is 67.7 Å². The van der Waals surface area contributed by atoms with Gasteiger partial charge in [0.1, 0.15) is 0 Å². The average molecular weight is 517 g/mol. The molecule has 1 aliphatic carbocycles. The van der Waals surface area contributed by atoms with E-state index in [-0.39, 0.29) is 24.5 Å². The Bertz CT molecular complexity index is 1160. The summed E-state index contributed by atoms with van der Waals surface area (Å²) in [6.45, 7) is 2.80. The van der Waals surface area contributed by atoms with Gasteiger partial charge in [0.2, 0.25) is 0 Å². The molecule has 0 atom stereocenters. The summed E-state index contributed by atoms with van der Waals surface area (Å²) in [4.78, 5) is 29.3. The Morgan fingerprint density at radius 2 is 1.59 bits per heavy atom. The van der Waals surface area contributed by atoms with Gasteiger partial charge in [-0.25, -0.2) is 4.79 Å². The van der Waals surface area contributed by atoms with Crippen LogP contribution in [0.25, 0.3) is 0 Å². The molecule has 0 spiro atoms. The number of carbonyl (C=O) groups is 2. The van der Waals surface area contributed by atoms with Crippen LogP contribution in [0.1, 0.15) is 50.2 Å². The number of esters is 1. The van der Waals surface area contributed by atoms with E-state index in [1.807, 2.05) is 66.4 Å². The van der Waals surface area contributed by atoms with Gasteiger partial charge < -0.3 is 10.1 Å². The summed E-state index contributed by atoms with van der Waals surface area (Å²) in [5.41, 5.74) is 3.02. The van der Waals surface area contributed by atoms with Gasteiger partial charge in [0.25, 0.3) is 0 Å². The molecule has 1 fully saturated rings. The minimum absolute atomic E-state index is 0.0265. The van der Waals surface area contributed by atoms with Crippen LogP contribution in [-0.2, 0) is 22.4 Å². The molecule has 4 rings (SSSR count). The minimum atomic E-state index is -0.218. The van der Waals surface area contributed by atoms with Gasteiger partial charge in [0.15, 0.2) is 0 Å². The van der Waals surface area contributed by atoms with Crippen LogP contribution in [0.3, 0.4) is 0 Å². The highest BCUT2D eigenvalue weighted by Gasteiger charge is 2.21. The van der Waals surface area contributed by atoms with Crippen LogP contribution in [-0.4, -0.2) is 31.2 Å². The number of urea groups is 1. The van der Waals surface area contributed by atoms with Gasteiger partial charge in [-0.3, -0.25) is 9.69 Å². The summed E-state index contributed by atoms with van der Waals surface area (Å²) >= 11 is 1.63.